The van der Waals surface area contributed by atoms with Crippen molar-refractivity contribution in [2.75, 3.05) is 0 Å². The Hall–Kier alpha value is -1.16. The molecule has 0 radical (unpaired) electrons. The van der Waals surface area contributed by atoms with Crippen molar-refractivity contribution in [1.29, 1.82) is 0 Å². The van der Waals surface area contributed by atoms with Gasteiger partial charge in [-0.05, 0) is 81.1 Å². The molecule has 6 atom stereocenters. The van der Waals surface area contributed by atoms with Gasteiger partial charge in [0.05, 0.1) is 11.5 Å². The molecule has 2 fully saturated rings. The van der Waals surface area contributed by atoms with Gasteiger partial charge in [0.2, 0.25) is 0 Å². The Balaban J connectivity index is 1.95. The average molecular weight is 348 g/mol. The lowest BCUT2D eigenvalue weighted by molar-refractivity contribution is -0.142. The Labute approximate surface area is 150 Å². The normalized spacial score (nSPS) is 41.0. The highest BCUT2D eigenvalue weighted by atomic mass is 16.4. The van der Waals surface area contributed by atoms with Gasteiger partial charge in [-0.15, -0.1) is 0 Å². The van der Waals surface area contributed by atoms with Crippen LogP contribution in [0.2, 0.25) is 0 Å². The highest BCUT2D eigenvalue weighted by Gasteiger charge is 2.55. The van der Waals surface area contributed by atoms with Crippen LogP contribution in [0.1, 0.15) is 72.1 Å². The van der Waals surface area contributed by atoms with Gasteiger partial charge in [-0.25, -0.2) is 0 Å². The molecule has 0 aromatic rings. The van der Waals surface area contributed by atoms with Gasteiger partial charge in [0.15, 0.2) is 5.78 Å². The molecule has 0 spiro atoms. The van der Waals surface area contributed by atoms with Crippen LogP contribution in [0.25, 0.3) is 0 Å². The Morgan fingerprint density at radius 1 is 1.32 bits per heavy atom. The Bertz CT molecular complexity index is 591. The molecular formula is C21H32O4. The first-order valence-corrected chi connectivity index (χ1v) is 9.88. The van der Waals surface area contributed by atoms with Gasteiger partial charge in [0.25, 0.3) is 0 Å². The van der Waals surface area contributed by atoms with E-state index in [4.69, 9.17) is 0 Å². The van der Waals surface area contributed by atoms with Gasteiger partial charge < -0.3 is 10.2 Å². The second kappa shape index (κ2) is 6.53. The minimum absolute atomic E-state index is 0.0932. The van der Waals surface area contributed by atoms with Crippen molar-refractivity contribution in [2.45, 2.75) is 77.7 Å². The third kappa shape index (κ3) is 3.18. The highest BCUT2D eigenvalue weighted by Crippen LogP contribution is 2.60. The summed E-state index contributed by atoms with van der Waals surface area (Å²) in [6.07, 6.45) is 8.22. The van der Waals surface area contributed by atoms with E-state index >= 15 is 0 Å². The van der Waals surface area contributed by atoms with Crippen LogP contribution in [0, 0.1) is 29.1 Å². The number of carbonyl (C=O) groups excluding carboxylic acids is 1. The molecule has 4 heteroatoms. The van der Waals surface area contributed by atoms with Crippen molar-refractivity contribution >= 4 is 11.8 Å². The first-order valence-electron chi connectivity index (χ1n) is 9.88. The molecule has 0 aromatic carbocycles. The summed E-state index contributed by atoms with van der Waals surface area (Å²) < 4.78 is 0. The first-order chi connectivity index (χ1) is 11.7. The number of carboxylic acid groups (broad SMARTS) is 1. The molecule has 25 heavy (non-hydrogen) atoms. The van der Waals surface area contributed by atoms with Crippen LogP contribution in [0.5, 0.6) is 0 Å². The number of carbonyl (C=O) groups is 2. The van der Waals surface area contributed by atoms with Crippen LogP contribution in [0.15, 0.2) is 11.6 Å². The van der Waals surface area contributed by atoms with Gasteiger partial charge in [0.1, 0.15) is 0 Å². The zero-order valence-electron chi connectivity index (χ0n) is 15.8. The van der Waals surface area contributed by atoms with Crippen molar-refractivity contribution in [1.82, 2.24) is 0 Å². The molecule has 0 saturated heterocycles. The van der Waals surface area contributed by atoms with Crippen molar-refractivity contribution in [2.24, 2.45) is 29.1 Å². The van der Waals surface area contributed by atoms with E-state index in [0.717, 1.165) is 38.5 Å². The summed E-state index contributed by atoms with van der Waals surface area (Å²) in [5, 5.41) is 20.7. The van der Waals surface area contributed by atoms with Crippen LogP contribution in [0.3, 0.4) is 0 Å². The number of ketones is 1. The predicted octanol–water partition coefficient (Wildman–Crippen LogP) is 3.97. The van der Waals surface area contributed by atoms with Crippen LogP contribution in [-0.2, 0) is 9.59 Å². The van der Waals surface area contributed by atoms with Crippen LogP contribution in [-0.4, -0.2) is 27.6 Å². The topological polar surface area (TPSA) is 74.6 Å². The smallest absolute Gasteiger partial charge is 0.306 e. The molecule has 0 amide bonds. The summed E-state index contributed by atoms with van der Waals surface area (Å²) in [4.78, 5) is 23.3. The zero-order chi connectivity index (χ0) is 18.4. The average Bonchev–Trinajstić information content (AvgIpc) is 3.04. The molecule has 0 bridgehead atoms. The molecule has 140 valence electrons. The number of allylic oxidation sites excluding steroid dienone is 2. The van der Waals surface area contributed by atoms with Gasteiger partial charge >= 0.3 is 5.97 Å². The molecule has 0 aliphatic heterocycles. The maximum Gasteiger partial charge on any atom is 0.306 e. The molecule has 3 rings (SSSR count). The van der Waals surface area contributed by atoms with E-state index in [2.05, 4.69) is 6.92 Å². The monoisotopic (exact) mass is 348 g/mol. The number of aliphatic hydroxyl groups is 1. The Morgan fingerprint density at radius 2 is 2.04 bits per heavy atom. The summed E-state index contributed by atoms with van der Waals surface area (Å²) in [6.45, 7) is 6.20. The maximum absolute atomic E-state index is 11.9. The van der Waals surface area contributed by atoms with Gasteiger partial charge in [-0.3, -0.25) is 9.59 Å². The van der Waals surface area contributed by atoms with Gasteiger partial charge in [-0.2, -0.15) is 0 Å². The van der Waals surface area contributed by atoms with E-state index in [1.807, 2.05) is 19.9 Å². The molecule has 2 saturated carbocycles. The molecular weight excluding hydrogens is 316 g/mol. The third-order valence-corrected chi connectivity index (χ3v) is 7.63. The van der Waals surface area contributed by atoms with E-state index in [9.17, 15) is 19.8 Å². The number of rotatable bonds is 4. The Kier molecular flexibility index (Phi) is 4.87. The van der Waals surface area contributed by atoms with E-state index < -0.39 is 11.6 Å². The highest BCUT2D eigenvalue weighted by molar-refractivity contribution is 5.91. The minimum atomic E-state index is -0.791. The summed E-state index contributed by atoms with van der Waals surface area (Å²) in [5.41, 5.74) is 0.282. The summed E-state index contributed by atoms with van der Waals surface area (Å²) in [7, 11) is 0. The number of hydrogen-bond donors (Lipinski definition) is 2. The lowest BCUT2D eigenvalue weighted by atomic mass is 9.50. The molecule has 2 N–H and O–H groups in total. The minimum Gasteiger partial charge on any atom is -0.481 e. The lowest BCUT2D eigenvalue weighted by Gasteiger charge is -2.56. The largest absolute Gasteiger partial charge is 0.481 e. The van der Waals surface area contributed by atoms with Gasteiger partial charge in [0, 0.05) is 6.42 Å². The number of fused-ring (bicyclic) bond motifs is 1. The first kappa shape index (κ1) is 18.6. The van der Waals surface area contributed by atoms with Crippen molar-refractivity contribution < 1.29 is 19.8 Å². The summed E-state index contributed by atoms with van der Waals surface area (Å²) in [6, 6.07) is 0. The molecule has 3 aliphatic rings. The standard InChI is InChI=1S/C21H32O4/c1-4-21(3,25)18-17(13-5-6-14(11-13)19(23)24)8-7-15-12-16(22)9-10-20(15,18)2/h12-14,17-18,25H,4-11H2,1-3H3,(H,23,24)/t13-,14?,17?,18+,20?,21?/m1/s1. The van der Waals surface area contributed by atoms with Crippen LogP contribution < -0.4 is 0 Å². The van der Waals surface area contributed by atoms with E-state index in [1.165, 1.54) is 5.57 Å². The number of carboxylic acids is 1. The van der Waals surface area contributed by atoms with Crippen molar-refractivity contribution in [3.05, 3.63) is 11.6 Å². The van der Waals surface area contributed by atoms with Crippen molar-refractivity contribution in [3.63, 3.8) is 0 Å². The second-order valence-corrected chi connectivity index (χ2v) is 9.05. The molecule has 0 aromatic heterocycles. The predicted molar refractivity (Wildman–Crippen MR) is 96.0 cm³/mol. The molecule has 4 nitrogen and oxygen atoms in total. The fourth-order valence-corrected chi connectivity index (χ4v) is 6.15. The van der Waals surface area contributed by atoms with Crippen LogP contribution in [0.4, 0.5) is 0 Å². The van der Waals surface area contributed by atoms with Crippen molar-refractivity contribution in [3.8, 4) is 0 Å². The van der Waals surface area contributed by atoms with E-state index in [-0.39, 0.29) is 23.0 Å². The molecule has 0 heterocycles. The third-order valence-electron chi connectivity index (χ3n) is 7.63. The van der Waals surface area contributed by atoms with E-state index in [0.29, 0.717) is 24.7 Å². The molecule has 3 aliphatic carbocycles. The summed E-state index contributed by atoms with van der Waals surface area (Å²) in [5.74, 6) is 0.125. The SMILES string of the molecule is CCC(C)(O)[C@H]1C([C@@H]2CCC(C(=O)O)C2)CCC2=CC(=O)CCC21C. The molecule has 4 unspecified atom stereocenters. The zero-order valence-corrected chi connectivity index (χ0v) is 15.8. The second-order valence-electron chi connectivity index (χ2n) is 9.05. The Morgan fingerprint density at radius 3 is 2.64 bits per heavy atom. The summed E-state index contributed by atoms with van der Waals surface area (Å²) >= 11 is 0. The maximum atomic E-state index is 11.9. The number of hydrogen-bond acceptors (Lipinski definition) is 3. The fraction of sp³-hybridized carbons (Fsp3) is 0.810. The quantitative estimate of drug-likeness (QED) is 0.806. The van der Waals surface area contributed by atoms with Gasteiger partial charge in [-0.1, -0.05) is 19.4 Å². The fourth-order valence-electron chi connectivity index (χ4n) is 6.15. The van der Waals surface area contributed by atoms with Crippen LogP contribution >= 0.6 is 0 Å². The number of aliphatic carboxylic acids is 1. The lowest BCUT2D eigenvalue weighted by Crippen LogP contribution is -2.54. The van der Waals surface area contributed by atoms with E-state index in [1.54, 1.807) is 0 Å².